The van der Waals surface area contributed by atoms with Crippen molar-refractivity contribution in [1.82, 2.24) is 4.90 Å². The Hall–Kier alpha value is -0.540. The number of hydrogen-bond acceptors (Lipinski definition) is 2. The van der Waals surface area contributed by atoms with Gasteiger partial charge in [-0.2, -0.15) is 0 Å². The minimum atomic E-state index is 0.928. The number of benzene rings is 1. The van der Waals surface area contributed by atoms with Crippen LogP contribution in [0.15, 0.2) is 16.6 Å². The SMILES string of the molecule is CN1CCc2c(N)cc(Br)cc2C1. The van der Waals surface area contributed by atoms with Crippen molar-refractivity contribution in [1.29, 1.82) is 0 Å². The Morgan fingerprint density at radius 3 is 3.00 bits per heavy atom. The molecule has 1 aromatic carbocycles. The van der Waals surface area contributed by atoms with E-state index in [1.807, 2.05) is 6.07 Å². The molecule has 0 spiro atoms. The van der Waals surface area contributed by atoms with Gasteiger partial charge in [-0.25, -0.2) is 0 Å². The molecule has 0 saturated carbocycles. The third kappa shape index (κ3) is 1.71. The highest BCUT2D eigenvalue weighted by Crippen LogP contribution is 2.27. The molecular formula is C10H13BrN2. The Morgan fingerprint density at radius 2 is 2.23 bits per heavy atom. The summed E-state index contributed by atoms with van der Waals surface area (Å²) in [5.41, 5.74) is 9.56. The highest BCUT2D eigenvalue weighted by Gasteiger charge is 2.15. The van der Waals surface area contributed by atoms with Gasteiger partial charge in [0.1, 0.15) is 0 Å². The van der Waals surface area contributed by atoms with Gasteiger partial charge in [-0.15, -0.1) is 0 Å². The van der Waals surface area contributed by atoms with Crippen LogP contribution in [0.3, 0.4) is 0 Å². The Balaban J connectivity index is 2.47. The van der Waals surface area contributed by atoms with E-state index in [0.717, 1.165) is 29.7 Å². The van der Waals surface area contributed by atoms with Gasteiger partial charge < -0.3 is 10.6 Å². The van der Waals surface area contributed by atoms with E-state index in [9.17, 15) is 0 Å². The predicted octanol–water partition coefficient (Wildman–Crippen LogP) is 2.02. The quantitative estimate of drug-likeness (QED) is 0.704. The zero-order chi connectivity index (χ0) is 9.42. The summed E-state index contributed by atoms with van der Waals surface area (Å²) in [6.07, 6.45) is 1.07. The zero-order valence-corrected chi connectivity index (χ0v) is 9.26. The highest BCUT2D eigenvalue weighted by molar-refractivity contribution is 9.10. The molecule has 1 aromatic rings. The van der Waals surface area contributed by atoms with Crippen LogP contribution < -0.4 is 5.73 Å². The summed E-state index contributed by atoms with van der Waals surface area (Å²) in [4.78, 5) is 2.31. The Kier molecular flexibility index (Phi) is 2.30. The summed E-state index contributed by atoms with van der Waals surface area (Å²) in [7, 11) is 2.14. The Bertz CT molecular complexity index is 336. The highest BCUT2D eigenvalue weighted by atomic mass is 79.9. The fraction of sp³-hybridized carbons (Fsp3) is 0.400. The maximum Gasteiger partial charge on any atom is 0.0361 e. The van der Waals surface area contributed by atoms with E-state index in [2.05, 4.69) is 33.9 Å². The predicted molar refractivity (Wildman–Crippen MR) is 58.6 cm³/mol. The molecule has 70 valence electrons. The average Bonchev–Trinajstić information content (AvgIpc) is 2.02. The molecule has 0 unspecified atom stereocenters. The van der Waals surface area contributed by atoms with E-state index >= 15 is 0 Å². The van der Waals surface area contributed by atoms with Crippen LogP contribution in [0, 0.1) is 0 Å². The third-order valence-electron chi connectivity index (χ3n) is 2.53. The lowest BCUT2D eigenvalue weighted by Crippen LogP contribution is -2.27. The lowest BCUT2D eigenvalue weighted by Gasteiger charge is -2.26. The molecule has 1 aliphatic heterocycles. The van der Waals surface area contributed by atoms with Gasteiger partial charge in [0.25, 0.3) is 0 Å². The van der Waals surface area contributed by atoms with Crippen LogP contribution in [0.25, 0.3) is 0 Å². The summed E-state index contributed by atoms with van der Waals surface area (Å²) < 4.78 is 1.08. The van der Waals surface area contributed by atoms with E-state index in [4.69, 9.17) is 5.73 Å². The largest absolute Gasteiger partial charge is 0.398 e. The van der Waals surface area contributed by atoms with E-state index in [1.165, 1.54) is 11.1 Å². The first-order valence-electron chi connectivity index (χ1n) is 4.42. The smallest absolute Gasteiger partial charge is 0.0361 e. The van der Waals surface area contributed by atoms with Crippen molar-refractivity contribution in [2.45, 2.75) is 13.0 Å². The summed E-state index contributed by atoms with van der Waals surface area (Å²) in [6.45, 7) is 2.12. The molecule has 1 heterocycles. The van der Waals surface area contributed by atoms with Crippen molar-refractivity contribution < 1.29 is 0 Å². The first-order chi connectivity index (χ1) is 6.16. The van der Waals surface area contributed by atoms with Gasteiger partial charge in [0.15, 0.2) is 0 Å². The van der Waals surface area contributed by atoms with Crippen molar-refractivity contribution in [3.8, 4) is 0 Å². The van der Waals surface area contributed by atoms with Gasteiger partial charge in [-0.1, -0.05) is 15.9 Å². The van der Waals surface area contributed by atoms with Gasteiger partial charge in [-0.05, 0) is 36.7 Å². The molecule has 1 aliphatic rings. The van der Waals surface area contributed by atoms with Gasteiger partial charge in [0.05, 0.1) is 0 Å². The number of fused-ring (bicyclic) bond motifs is 1. The second-order valence-corrected chi connectivity index (χ2v) is 4.54. The first kappa shape index (κ1) is 9.03. The molecule has 0 saturated heterocycles. The van der Waals surface area contributed by atoms with Gasteiger partial charge in [0.2, 0.25) is 0 Å². The molecule has 0 aliphatic carbocycles. The number of nitrogens with zero attached hydrogens (tertiary/aromatic N) is 1. The number of rotatable bonds is 0. The summed E-state index contributed by atoms with van der Waals surface area (Å²) >= 11 is 3.46. The number of nitrogens with two attached hydrogens (primary N) is 1. The molecule has 0 amide bonds. The van der Waals surface area contributed by atoms with E-state index in [-0.39, 0.29) is 0 Å². The number of halogens is 1. The van der Waals surface area contributed by atoms with E-state index in [1.54, 1.807) is 0 Å². The number of hydrogen-bond donors (Lipinski definition) is 1. The number of anilines is 1. The third-order valence-corrected chi connectivity index (χ3v) is 2.98. The van der Waals surface area contributed by atoms with Crippen LogP contribution in [0.5, 0.6) is 0 Å². The maximum atomic E-state index is 5.94. The molecule has 0 fully saturated rings. The van der Waals surface area contributed by atoms with E-state index < -0.39 is 0 Å². The summed E-state index contributed by atoms with van der Waals surface area (Å²) in [6, 6.07) is 4.16. The fourth-order valence-electron chi connectivity index (χ4n) is 1.83. The lowest BCUT2D eigenvalue weighted by atomic mass is 9.98. The van der Waals surface area contributed by atoms with Crippen LogP contribution in [0.4, 0.5) is 5.69 Å². The zero-order valence-electron chi connectivity index (χ0n) is 7.68. The van der Waals surface area contributed by atoms with Gasteiger partial charge >= 0.3 is 0 Å². The normalized spacial score (nSPS) is 17.1. The molecule has 2 N–H and O–H groups in total. The molecular weight excluding hydrogens is 228 g/mol. The molecule has 3 heteroatoms. The monoisotopic (exact) mass is 240 g/mol. The second kappa shape index (κ2) is 3.31. The molecule has 13 heavy (non-hydrogen) atoms. The lowest BCUT2D eigenvalue weighted by molar-refractivity contribution is 0.313. The molecule has 2 nitrogen and oxygen atoms in total. The van der Waals surface area contributed by atoms with Crippen molar-refractivity contribution in [2.24, 2.45) is 0 Å². The van der Waals surface area contributed by atoms with Crippen molar-refractivity contribution in [3.05, 3.63) is 27.7 Å². The number of likely N-dealkylation sites (N-methyl/N-ethyl adjacent to an activating group) is 1. The standard InChI is InChI=1S/C10H13BrN2/c1-13-3-2-9-7(6-13)4-8(11)5-10(9)12/h4-5H,2-3,6,12H2,1H3. The van der Waals surface area contributed by atoms with Crippen LogP contribution in [0.2, 0.25) is 0 Å². The first-order valence-corrected chi connectivity index (χ1v) is 5.21. The van der Waals surface area contributed by atoms with Crippen molar-refractivity contribution >= 4 is 21.6 Å². The Morgan fingerprint density at radius 1 is 1.46 bits per heavy atom. The number of nitrogen functional groups attached to an aromatic ring is 1. The second-order valence-electron chi connectivity index (χ2n) is 3.62. The Labute approximate surface area is 86.9 Å². The summed E-state index contributed by atoms with van der Waals surface area (Å²) in [5, 5.41) is 0. The molecule has 0 radical (unpaired) electrons. The maximum absolute atomic E-state index is 5.94. The molecule has 2 rings (SSSR count). The molecule has 0 aromatic heterocycles. The molecule has 0 bridgehead atoms. The van der Waals surface area contributed by atoms with Crippen LogP contribution >= 0.6 is 15.9 Å². The van der Waals surface area contributed by atoms with Gasteiger partial charge in [0, 0.05) is 23.2 Å². The van der Waals surface area contributed by atoms with E-state index in [0.29, 0.717) is 0 Å². The van der Waals surface area contributed by atoms with Crippen LogP contribution in [0.1, 0.15) is 11.1 Å². The van der Waals surface area contributed by atoms with Crippen molar-refractivity contribution in [3.63, 3.8) is 0 Å². The van der Waals surface area contributed by atoms with Crippen molar-refractivity contribution in [2.75, 3.05) is 19.3 Å². The fourth-order valence-corrected chi connectivity index (χ4v) is 2.36. The van der Waals surface area contributed by atoms with Crippen LogP contribution in [-0.4, -0.2) is 18.5 Å². The van der Waals surface area contributed by atoms with Gasteiger partial charge in [-0.3, -0.25) is 0 Å². The minimum Gasteiger partial charge on any atom is -0.398 e. The molecule has 0 atom stereocenters. The average molecular weight is 241 g/mol. The minimum absolute atomic E-state index is 0.928. The topological polar surface area (TPSA) is 29.3 Å². The summed E-state index contributed by atoms with van der Waals surface area (Å²) in [5.74, 6) is 0. The van der Waals surface area contributed by atoms with Crippen LogP contribution in [-0.2, 0) is 13.0 Å².